The standard InChI is InChI=1S/C19H22N2O3S/c1-24-13-9-6-12(7-10-13)8-11-16(22)21-19-17(18(20)23)14-4-2-3-5-15(14)25-19/h6-7,9-10H,2-5,8,11H2,1H3,(H2,20,23)(H,21,22). The van der Waals surface area contributed by atoms with E-state index < -0.39 is 5.91 Å². The van der Waals surface area contributed by atoms with Crippen molar-refractivity contribution in [3.63, 3.8) is 0 Å². The van der Waals surface area contributed by atoms with Crippen LogP contribution in [0, 0.1) is 0 Å². The van der Waals surface area contributed by atoms with Gasteiger partial charge in [0.1, 0.15) is 10.8 Å². The maximum absolute atomic E-state index is 12.3. The monoisotopic (exact) mass is 358 g/mol. The van der Waals surface area contributed by atoms with Gasteiger partial charge in [0.2, 0.25) is 5.91 Å². The lowest BCUT2D eigenvalue weighted by Crippen LogP contribution is -2.18. The molecule has 1 aliphatic carbocycles. The van der Waals surface area contributed by atoms with Crippen molar-refractivity contribution in [3.8, 4) is 5.75 Å². The van der Waals surface area contributed by atoms with Gasteiger partial charge in [0.05, 0.1) is 12.7 Å². The SMILES string of the molecule is COc1ccc(CCC(=O)Nc2sc3c(c2C(N)=O)CCCC3)cc1. The second-order valence-electron chi connectivity index (χ2n) is 6.18. The summed E-state index contributed by atoms with van der Waals surface area (Å²) in [6.45, 7) is 0. The molecule has 0 unspecified atom stereocenters. The number of ether oxygens (including phenoxy) is 1. The van der Waals surface area contributed by atoms with Gasteiger partial charge in [-0.3, -0.25) is 9.59 Å². The van der Waals surface area contributed by atoms with E-state index in [-0.39, 0.29) is 5.91 Å². The number of hydrogen-bond donors (Lipinski definition) is 2. The Morgan fingerprint density at radius 3 is 2.60 bits per heavy atom. The molecular weight excluding hydrogens is 336 g/mol. The normalized spacial score (nSPS) is 13.2. The number of anilines is 1. The summed E-state index contributed by atoms with van der Waals surface area (Å²) in [5.74, 6) is 0.241. The van der Waals surface area contributed by atoms with E-state index in [9.17, 15) is 9.59 Å². The first-order valence-electron chi connectivity index (χ1n) is 8.45. The summed E-state index contributed by atoms with van der Waals surface area (Å²) >= 11 is 1.50. The van der Waals surface area contributed by atoms with Crippen molar-refractivity contribution in [1.82, 2.24) is 0 Å². The largest absolute Gasteiger partial charge is 0.497 e. The molecule has 25 heavy (non-hydrogen) atoms. The van der Waals surface area contributed by atoms with Crippen molar-refractivity contribution >= 4 is 28.2 Å². The number of primary amides is 1. The van der Waals surface area contributed by atoms with Crippen LogP contribution < -0.4 is 15.8 Å². The molecule has 5 nitrogen and oxygen atoms in total. The Balaban J connectivity index is 1.66. The summed E-state index contributed by atoms with van der Waals surface area (Å²) in [6, 6.07) is 7.66. The van der Waals surface area contributed by atoms with Crippen molar-refractivity contribution < 1.29 is 14.3 Å². The van der Waals surface area contributed by atoms with Crippen LogP contribution in [0.1, 0.15) is 45.6 Å². The van der Waals surface area contributed by atoms with E-state index in [0.29, 0.717) is 23.4 Å². The molecule has 0 radical (unpaired) electrons. The Labute approximate surface area is 151 Å². The van der Waals surface area contributed by atoms with E-state index in [1.165, 1.54) is 16.2 Å². The van der Waals surface area contributed by atoms with Gasteiger partial charge < -0.3 is 15.8 Å². The number of carbonyl (C=O) groups excluding carboxylic acids is 2. The lowest BCUT2D eigenvalue weighted by Gasteiger charge is -2.11. The quantitative estimate of drug-likeness (QED) is 0.831. The summed E-state index contributed by atoms with van der Waals surface area (Å²) in [5, 5.41) is 3.51. The number of nitrogens with one attached hydrogen (secondary N) is 1. The zero-order valence-electron chi connectivity index (χ0n) is 14.3. The summed E-state index contributed by atoms with van der Waals surface area (Å²) in [4.78, 5) is 25.3. The molecule has 1 heterocycles. The molecule has 2 aromatic rings. The van der Waals surface area contributed by atoms with Crippen LogP contribution in [0.15, 0.2) is 24.3 Å². The number of methoxy groups -OCH3 is 1. The fourth-order valence-corrected chi connectivity index (χ4v) is 4.46. The van der Waals surface area contributed by atoms with Crippen LogP contribution in [0.5, 0.6) is 5.75 Å². The van der Waals surface area contributed by atoms with Crippen molar-refractivity contribution in [1.29, 1.82) is 0 Å². The highest BCUT2D eigenvalue weighted by molar-refractivity contribution is 7.17. The maximum atomic E-state index is 12.3. The summed E-state index contributed by atoms with van der Waals surface area (Å²) in [7, 11) is 1.62. The van der Waals surface area contributed by atoms with E-state index in [0.717, 1.165) is 42.6 Å². The van der Waals surface area contributed by atoms with Gasteiger partial charge in [0.25, 0.3) is 5.91 Å². The molecule has 0 saturated heterocycles. The maximum Gasteiger partial charge on any atom is 0.251 e. The van der Waals surface area contributed by atoms with Gasteiger partial charge in [0, 0.05) is 11.3 Å². The van der Waals surface area contributed by atoms with Gasteiger partial charge >= 0.3 is 0 Å². The third kappa shape index (κ3) is 4.02. The highest BCUT2D eigenvalue weighted by Gasteiger charge is 2.24. The van der Waals surface area contributed by atoms with Crippen LogP contribution >= 0.6 is 11.3 Å². The Hall–Kier alpha value is -2.34. The van der Waals surface area contributed by atoms with E-state index >= 15 is 0 Å². The number of carbonyl (C=O) groups is 2. The van der Waals surface area contributed by atoms with E-state index in [1.54, 1.807) is 7.11 Å². The fourth-order valence-electron chi connectivity index (χ4n) is 3.15. The molecule has 1 aliphatic rings. The number of thiophene rings is 1. The number of aryl methyl sites for hydroxylation is 2. The second-order valence-corrected chi connectivity index (χ2v) is 7.28. The topological polar surface area (TPSA) is 81.4 Å². The molecule has 1 aromatic heterocycles. The number of rotatable bonds is 6. The van der Waals surface area contributed by atoms with E-state index in [1.807, 2.05) is 24.3 Å². The molecule has 3 rings (SSSR count). The first kappa shape index (κ1) is 17.5. The average molecular weight is 358 g/mol. The predicted molar refractivity (Wildman–Crippen MR) is 99.4 cm³/mol. The number of benzene rings is 1. The summed E-state index contributed by atoms with van der Waals surface area (Å²) < 4.78 is 5.13. The van der Waals surface area contributed by atoms with Crippen LogP contribution in [-0.4, -0.2) is 18.9 Å². The second kappa shape index (κ2) is 7.70. The lowest BCUT2D eigenvalue weighted by molar-refractivity contribution is -0.116. The van der Waals surface area contributed by atoms with Crippen LogP contribution in [0.25, 0.3) is 0 Å². The van der Waals surface area contributed by atoms with Crippen molar-refractivity contribution in [2.24, 2.45) is 5.73 Å². The van der Waals surface area contributed by atoms with Gasteiger partial charge in [-0.1, -0.05) is 12.1 Å². The molecule has 0 saturated carbocycles. The third-order valence-corrected chi connectivity index (χ3v) is 5.68. The fraction of sp³-hybridized carbons (Fsp3) is 0.368. The smallest absolute Gasteiger partial charge is 0.251 e. The van der Waals surface area contributed by atoms with Gasteiger partial charge in [-0.2, -0.15) is 0 Å². The number of hydrogen-bond acceptors (Lipinski definition) is 4. The average Bonchev–Trinajstić information content (AvgIpc) is 2.98. The molecule has 132 valence electrons. The van der Waals surface area contributed by atoms with Gasteiger partial charge in [-0.25, -0.2) is 0 Å². The Bertz CT molecular complexity index is 781. The highest BCUT2D eigenvalue weighted by atomic mass is 32.1. The summed E-state index contributed by atoms with van der Waals surface area (Å²) in [5.41, 5.74) is 8.17. The van der Waals surface area contributed by atoms with E-state index in [2.05, 4.69) is 5.32 Å². The zero-order valence-corrected chi connectivity index (χ0v) is 15.1. The van der Waals surface area contributed by atoms with Gasteiger partial charge in [-0.05, 0) is 55.4 Å². The van der Waals surface area contributed by atoms with Crippen LogP contribution in [-0.2, 0) is 24.1 Å². The van der Waals surface area contributed by atoms with E-state index in [4.69, 9.17) is 10.5 Å². The molecule has 1 aromatic carbocycles. The number of fused-ring (bicyclic) bond motifs is 1. The molecule has 0 aliphatic heterocycles. The highest BCUT2D eigenvalue weighted by Crippen LogP contribution is 2.37. The van der Waals surface area contributed by atoms with Crippen LogP contribution in [0.3, 0.4) is 0 Å². The molecule has 3 N–H and O–H groups in total. The summed E-state index contributed by atoms with van der Waals surface area (Å²) in [6.07, 6.45) is 5.00. The minimum atomic E-state index is -0.454. The minimum absolute atomic E-state index is 0.100. The molecular formula is C19H22N2O3S. The molecule has 0 bridgehead atoms. The molecule has 0 spiro atoms. The van der Waals surface area contributed by atoms with Crippen molar-refractivity contribution in [2.45, 2.75) is 38.5 Å². The lowest BCUT2D eigenvalue weighted by atomic mass is 9.95. The Morgan fingerprint density at radius 2 is 1.92 bits per heavy atom. The first-order chi connectivity index (χ1) is 12.1. The first-order valence-corrected chi connectivity index (χ1v) is 9.27. The Kier molecular flexibility index (Phi) is 5.38. The number of nitrogens with two attached hydrogens (primary N) is 1. The molecule has 2 amide bonds. The van der Waals surface area contributed by atoms with Gasteiger partial charge in [0.15, 0.2) is 0 Å². The van der Waals surface area contributed by atoms with Gasteiger partial charge in [-0.15, -0.1) is 11.3 Å². The Morgan fingerprint density at radius 1 is 1.20 bits per heavy atom. The van der Waals surface area contributed by atoms with Crippen LogP contribution in [0.2, 0.25) is 0 Å². The molecule has 6 heteroatoms. The zero-order chi connectivity index (χ0) is 17.8. The minimum Gasteiger partial charge on any atom is -0.497 e. The predicted octanol–water partition coefficient (Wildman–Crippen LogP) is 3.31. The number of amides is 2. The van der Waals surface area contributed by atoms with Crippen molar-refractivity contribution in [3.05, 3.63) is 45.8 Å². The van der Waals surface area contributed by atoms with Crippen molar-refractivity contribution in [2.75, 3.05) is 12.4 Å². The third-order valence-electron chi connectivity index (χ3n) is 4.47. The molecule has 0 atom stereocenters. The van der Waals surface area contributed by atoms with Crippen LogP contribution in [0.4, 0.5) is 5.00 Å². The molecule has 0 fully saturated rings.